The number of ether oxygens (including phenoxy) is 6. The highest BCUT2D eigenvalue weighted by molar-refractivity contribution is 5.89. The van der Waals surface area contributed by atoms with Crippen LogP contribution in [-0.4, -0.2) is 122 Å². The Balaban J connectivity index is 1.07. The summed E-state index contributed by atoms with van der Waals surface area (Å²) >= 11 is 0. The highest BCUT2D eigenvalue weighted by Crippen LogP contribution is 2.80. The van der Waals surface area contributed by atoms with Gasteiger partial charge in [0.2, 0.25) is 0 Å². The molecule has 7 bridgehead atoms. The summed E-state index contributed by atoms with van der Waals surface area (Å²) in [6.45, 7) is 5.31. The topological polar surface area (TPSA) is 150 Å². The van der Waals surface area contributed by atoms with Crippen LogP contribution < -0.4 is 0 Å². The first-order chi connectivity index (χ1) is 38.0. The molecule has 1 aromatic carbocycles. The van der Waals surface area contributed by atoms with E-state index in [1.807, 2.05) is 6.07 Å². The highest BCUT2D eigenvalue weighted by atomic mass is 16.6. The molecule has 7 rings (SSSR count). The van der Waals surface area contributed by atoms with Crippen molar-refractivity contribution in [2.75, 3.05) is 41.5 Å². The first-order valence-electron chi connectivity index (χ1n) is 30.9. The van der Waals surface area contributed by atoms with Crippen LogP contribution in [0.15, 0.2) is 78.9 Å². The molecule has 6 aliphatic rings. The fourth-order valence-electron chi connectivity index (χ4n) is 16.4. The zero-order valence-corrected chi connectivity index (χ0v) is 48.8. The fourth-order valence-corrected chi connectivity index (χ4v) is 16.4. The number of carbonyl (C=O) groups is 3. The molecule has 14 atom stereocenters. The Morgan fingerprint density at radius 3 is 1.74 bits per heavy atom. The van der Waals surface area contributed by atoms with Crippen molar-refractivity contribution in [2.24, 2.45) is 34.5 Å². The quantitative estimate of drug-likeness (QED) is 0.0285. The highest BCUT2D eigenvalue weighted by Gasteiger charge is 2.90. The number of aliphatic hydroxyl groups is 2. The van der Waals surface area contributed by atoms with Gasteiger partial charge in [-0.1, -0.05) is 145 Å². The molecule has 1 aliphatic heterocycles. The normalized spacial score (nSPS) is 33.7. The van der Waals surface area contributed by atoms with Gasteiger partial charge in [0.25, 0.3) is 0 Å². The molecule has 436 valence electrons. The number of hydrogen-bond donors (Lipinski definition) is 2. The van der Waals surface area contributed by atoms with Crippen LogP contribution in [0, 0.1) is 34.5 Å². The summed E-state index contributed by atoms with van der Waals surface area (Å²) in [7, 11) is 6.96. The van der Waals surface area contributed by atoms with Gasteiger partial charge in [-0.3, -0.25) is 9.59 Å². The Kier molecular flexibility index (Phi) is 23.7. The monoisotopic (exact) mass is 1080 g/mol. The van der Waals surface area contributed by atoms with Gasteiger partial charge in [0.05, 0.1) is 18.3 Å². The van der Waals surface area contributed by atoms with Crippen molar-refractivity contribution in [2.45, 2.75) is 235 Å². The van der Waals surface area contributed by atoms with Crippen molar-refractivity contribution in [3.63, 3.8) is 0 Å². The number of rotatable bonds is 36. The summed E-state index contributed by atoms with van der Waals surface area (Å²) in [6.07, 6.45) is 38.5. The molecule has 1 aromatic rings. The molecular formula is C66H101NO11. The summed E-state index contributed by atoms with van der Waals surface area (Å²) in [4.78, 5) is 45.4. The van der Waals surface area contributed by atoms with Gasteiger partial charge in [-0.15, -0.1) is 0 Å². The molecule has 78 heavy (non-hydrogen) atoms. The lowest BCUT2D eigenvalue weighted by atomic mass is 9.42. The zero-order valence-electron chi connectivity index (χ0n) is 48.8. The van der Waals surface area contributed by atoms with E-state index in [1.54, 1.807) is 38.5 Å². The van der Waals surface area contributed by atoms with Crippen LogP contribution in [-0.2, 0) is 38.0 Å². The van der Waals surface area contributed by atoms with E-state index in [-0.39, 0.29) is 30.8 Å². The molecule has 0 aromatic heterocycles. The van der Waals surface area contributed by atoms with Crippen molar-refractivity contribution in [3.8, 4) is 0 Å². The second kappa shape index (κ2) is 29.9. The standard InChI is InChI=1S/C66H101NO11/c1-7-9-11-13-15-17-19-21-23-25-27-29-31-33-38-42-55(68)76-53-45-54(74-5)65-51-46-64(72)60(77-62(71)49-40-36-35-37-41-49)57(51)66(59(70)61(64)75-6,50-44-52(65)63(53,48-73-4)47-67(3)58(50)65)78-56(69)43-39-34-32-30-28-26-24-22-20-18-16-14-12-10-8-2/h15-18,21-24,35-37,40-41,50-54,57-61,70,72H,7-14,19-20,25-34,38-39,42-48H2,1-6H3/b17-15-,18-16-,23-21-,24-22-/t50-,51+,52+,53+,54-,57+,58+,59-,60+,61-,63+,64-,65+,66-/m0/s1. The second-order valence-corrected chi connectivity index (χ2v) is 24.3. The predicted octanol–water partition coefficient (Wildman–Crippen LogP) is 12.8. The molecule has 6 fully saturated rings. The molecule has 12 nitrogen and oxygen atoms in total. The van der Waals surface area contributed by atoms with Gasteiger partial charge < -0.3 is 43.5 Å². The maximum absolute atomic E-state index is 14.7. The Hall–Kier alpha value is -3.65. The van der Waals surface area contributed by atoms with Crippen molar-refractivity contribution in [1.29, 1.82) is 0 Å². The molecule has 5 aliphatic carbocycles. The number of hydrogen-bond acceptors (Lipinski definition) is 12. The van der Waals surface area contributed by atoms with Crippen LogP contribution in [0.1, 0.15) is 198 Å². The molecular weight excluding hydrogens is 983 g/mol. The lowest BCUT2D eigenvalue weighted by Gasteiger charge is -2.70. The number of likely N-dealkylation sites (tertiary alicyclic amines) is 1. The maximum Gasteiger partial charge on any atom is 0.338 e. The Morgan fingerprint density at radius 1 is 0.641 bits per heavy atom. The molecule has 0 amide bonds. The summed E-state index contributed by atoms with van der Waals surface area (Å²) in [5.41, 5.74) is -4.54. The molecule has 5 saturated carbocycles. The predicted molar refractivity (Wildman–Crippen MR) is 307 cm³/mol. The molecule has 12 heteroatoms. The van der Waals surface area contributed by atoms with Crippen LogP contribution in [0.4, 0.5) is 0 Å². The number of carbonyl (C=O) groups excluding carboxylic acids is 3. The lowest BCUT2D eigenvalue weighted by molar-refractivity contribution is -0.321. The minimum atomic E-state index is -1.84. The van der Waals surface area contributed by atoms with E-state index >= 15 is 0 Å². The molecule has 1 saturated heterocycles. The van der Waals surface area contributed by atoms with Crippen LogP contribution in [0.3, 0.4) is 0 Å². The molecule has 0 unspecified atom stereocenters. The minimum absolute atomic E-state index is 0.109. The Labute approximate surface area is 469 Å². The third-order valence-corrected chi connectivity index (χ3v) is 19.5. The van der Waals surface area contributed by atoms with Gasteiger partial charge in [0.1, 0.15) is 30.0 Å². The van der Waals surface area contributed by atoms with Crippen molar-refractivity contribution in [3.05, 3.63) is 84.5 Å². The number of esters is 3. The van der Waals surface area contributed by atoms with Gasteiger partial charge in [0.15, 0.2) is 5.60 Å². The van der Waals surface area contributed by atoms with Crippen LogP contribution in [0.5, 0.6) is 0 Å². The third kappa shape index (κ3) is 13.2. The molecule has 1 spiro atoms. The largest absolute Gasteiger partial charge is 0.462 e. The van der Waals surface area contributed by atoms with E-state index in [0.717, 1.165) is 89.9 Å². The molecule has 0 radical (unpaired) electrons. The van der Waals surface area contributed by atoms with Gasteiger partial charge in [-0.2, -0.15) is 0 Å². The number of aliphatic hydroxyl groups excluding tert-OH is 1. The number of unbranched alkanes of at least 4 members (excludes halogenated alkanes) is 16. The summed E-state index contributed by atoms with van der Waals surface area (Å²) in [5.74, 6) is -3.23. The van der Waals surface area contributed by atoms with E-state index in [2.05, 4.69) is 74.4 Å². The lowest BCUT2D eigenvalue weighted by Crippen LogP contribution is -2.81. The average Bonchev–Trinajstić information content (AvgIpc) is 2.53. The minimum Gasteiger partial charge on any atom is -0.462 e. The van der Waals surface area contributed by atoms with Gasteiger partial charge in [-0.25, -0.2) is 4.79 Å². The zero-order chi connectivity index (χ0) is 55.6. The van der Waals surface area contributed by atoms with E-state index in [0.29, 0.717) is 44.4 Å². The van der Waals surface area contributed by atoms with E-state index < -0.39 is 82.2 Å². The van der Waals surface area contributed by atoms with Crippen LogP contribution >= 0.6 is 0 Å². The number of benzene rings is 1. The second-order valence-electron chi connectivity index (χ2n) is 24.3. The number of piperidine rings is 1. The van der Waals surface area contributed by atoms with Crippen LogP contribution in [0.2, 0.25) is 0 Å². The molecule has 1 heterocycles. The van der Waals surface area contributed by atoms with Crippen molar-refractivity contribution >= 4 is 17.9 Å². The number of allylic oxidation sites excluding steroid dienone is 8. The van der Waals surface area contributed by atoms with Gasteiger partial charge in [0, 0.05) is 75.8 Å². The first kappa shape index (κ1) is 62.0. The SMILES string of the molecule is CCCCC/C=C\C/C=C\CCCCCCCC(=O)O[C@@H]1C[C@H](OC)[C@@]23[C@@H]4C[C@]5(O)[C@H](OC(=O)c6ccccc6)[C@@H]4[C@](OC(=O)CCCCCCC/C=C\C/C=C\CCCCC)([C@@H](O)[C@@H]5OC)[C@H]4C[C@@H]2[C@]1(COC)CN(C)[C@H]43. The summed E-state index contributed by atoms with van der Waals surface area (Å²) < 4.78 is 39.4. The fraction of sp³-hybridized carbons (Fsp3) is 0.742. The number of nitrogens with zero attached hydrogens (tertiary/aromatic N) is 1. The van der Waals surface area contributed by atoms with E-state index in [1.165, 1.54) is 52.1 Å². The summed E-state index contributed by atoms with van der Waals surface area (Å²) in [5, 5.41) is 26.4. The first-order valence-corrected chi connectivity index (χ1v) is 30.9. The van der Waals surface area contributed by atoms with Crippen LogP contribution in [0.25, 0.3) is 0 Å². The van der Waals surface area contributed by atoms with Gasteiger partial charge in [-0.05, 0) is 121 Å². The van der Waals surface area contributed by atoms with Gasteiger partial charge >= 0.3 is 17.9 Å². The summed E-state index contributed by atoms with van der Waals surface area (Å²) in [6, 6.07) is 8.46. The molecule has 2 N–H and O–H groups in total. The van der Waals surface area contributed by atoms with Crippen molar-refractivity contribution < 1.29 is 53.0 Å². The Morgan fingerprint density at radius 2 is 1.19 bits per heavy atom. The van der Waals surface area contributed by atoms with E-state index in [4.69, 9.17) is 28.4 Å². The average molecular weight is 1080 g/mol. The smallest absolute Gasteiger partial charge is 0.338 e. The van der Waals surface area contributed by atoms with Crippen molar-refractivity contribution in [1.82, 2.24) is 4.90 Å². The number of methoxy groups -OCH3 is 3. The maximum atomic E-state index is 14.7. The third-order valence-electron chi connectivity index (χ3n) is 19.5. The number of fused-ring (bicyclic) bond motifs is 2. The van der Waals surface area contributed by atoms with E-state index in [9.17, 15) is 24.6 Å². The Bertz CT molecular complexity index is 2140.